The summed E-state index contributed by atoms with van der Waals surface area (Å²) in [5.74, 6) is -2.30. The fourth-order valence-electron chi connectivity index (χ4n) is 4.20. The minimum Gasteiger partial charge on any atom is -0.370 e. The normalized spacial score (nSPS) is 21.3. The summed E-state index contributed by atoms with van der Waals surface area (Å²) >= 11 is 2.54. The highest BCUT2D eigenvalue weighted by Crippen LogP contribution is 2.46. The van der Waals surface area contributed by atoms with Crippen LogP contribution in [-0.2, 0) is 9.59 Å². The van der Waals surface area contributed by atoms with Gasteiger partial charge in [-0.1, -0.05) is 54.2 Å². The van der Waals surface area contributed by atoms with Gasteiger partial charge < -0.3 is 21.1 Å². The Hall–Kier alpha value is -3.58. The summed E-state index contributed by atoms with van der Waals surface area (Å²) in [6.07, 6.45) is 0. The number of nitrogens with zero attached hydrogens (tertiary/aromatic N) is 1. The number of anilines is 2. The van der Waals surface area contributed by atoms with Crippen LogP contribution in [0.2, 0.25) is 0 Å². The summed E-state index contributed by atoms with van der Waals surface area (Å²) in [6.45, 7) is 3.41. The minimum absolute atomic E-state index is 0.0235. The molecule has 0 saturated carbocycles. The number of amides is 2. The Morgan fingerprint density at radius 2 is 1.83 bits per heavy atom. The topological polar surface area (TPSA) is 114 Å². The SMILES string of the molecule is Cc1ccccc1NC(=O)[C@H]1[C@H](c2cccs2)C(C#N)=C(SCC(=O)Nc2ccccc2)N[C@@]1(C)O. The van der Waals surface area contributed by atoms with Gasteiger partial charge in [0.25, 0.3) is 0 Å². The molecule has 1 aromatic heterocycles. The highest BCUT2D eigenvalue weighted by atomic mass is 32.2. The van der Waals surface area contributed by atoms with Crippen LogP contribution in [0.3, 0.4) is 0 Å². The van der Waals surface area contributed by atoms with Crippen molar-refractivity contribution >= 4 is 46.3 Å². The average Bonchev–Trinajstić information content (AvgIpc) is 3.38. The Morgan fingerprint density at radius 1 is 1.11 bits per heavy atom. The van der Waals surface area contributed by atoms with Gasteiger partial charge in [0, 0.05) is 22.2 Å². The number of para-hydroxylation sites is 2. The summed E-state index contributed by atoms with van der Waals surface area (Å²) in [7, 11) is 0. The predicted octanol–water partition coefficient (Wildman–Crippen LogP) is 4.81. The van der Waals surface area contributed by atoms with Crippen LogP contribution in [0.25, 0.3) is 0 Å². The molecular formula is C27H26N4O3S2. The van der Waals surface area contributed by atoms with Crippen molar-refractivity contribution in [1.82, 2.24) is 5.32 Å². The fourth-order valence-corrected chi connectivity index (χ4v) is 6.03. The van der Waals surface area contributed by atoms with Gasteiger partial charge in [-0.05, 0) is 49.1 Å². The van der Waals surface area contributed by atoms with Crippen LogP contribution in [0.4, 0.5) is 11.4 Å². The van der Waals surface area contributed by atoms with Crippen molar-refractivity contribution in [2.24, 2.45) is 5.92 Å². The number of nitrogens with one attached hydrogen (secondary N) is 3. The molecule has 2 heterocycles. The van der Waals surface area contributed by atoms with Crippen molar-refractivity contribution in [3.05, 3.63) is 93.2 Å². The third-order valence-corrected chi connectivity index (χ3v) is 7.89. The number of nitriles is 1. The maximum absolute atomic E-state index is 13.6. The summed E-state index contributed by atoms with van der Waals surface area (Å²) in [5, 5.41) is 32.6. The van der Waals surface area contributed by atoms with E-state index < -0.39 is 23.5 Å². The Balaban J connectivity index is 1.63. The van der Waals surface area contributed by atoms with Crippen molar-refractivity contribution in [3.8, 4) is 6.07 Å². The van der Waals surface area contributed by atoms with E-state index in [9.17, 15) is 20.0 Å². The first-order valence-corrected chi connectivity index (χ1v) is 13.2. The molecule has 2 amide bonds. The summed E-state index contributed by atoms with van der Waals surface area (Å²) < 4.78 is 0. The third kappa shape index (κ3) is 5.62. The van der Waals surface area contributed by atoms with Gasteiger partial charge in [-0.3, -0.25) is 9.59 Å². The van der Waals surface area contributed by atoms with Crippen LogP contribution in [0.1, 0.15) is 23.3 Å². The molecule has 0 saturated heterocycles. The number of thiophene rings is 1. The zero-order valence-electron chi connectivity index (χ0n) is 19.8. The molecule has 36 heavy (non-hydrogen) atoms. The smallest absolute Gasteiger partial charge is 0.234 e. The van der Waals surface area contributed by atoms with Crippen LogP contribution < -0.4 is 16.0 Å². The van der Waals surface area contributed by atoms with Crippen LogP contribution in [-0.4, -0.2) is 28.4 Å². The molecule has 2 aromatic carbocycles. The van der Waals surface area contributed by atoms with Crippen molar-refractivity contribution in [2.45, 2.75) is 25.5 Å². The first kappa shape index (κ1) is 25.5. The molecule has 184 valence electrons. The predicted molar refractivity (Wildman–Crippen MR) is 144 cm³/mol. The summed E-state index contributed by atoms with van der Waals surface area (Å²) in [6, 6.07) is 22.4. The van der Waals surface area contributed by atoms with E-state index in [4.69, 9.17) is 0 Å². The molecule has 0 spiro atoms. The molecule has 0 unspecified atom stereocenters. The van der Waals surface area contributed by atoms with Crippen LogP contribution in [0.5, 0.6) is 0 Å². The molecule has 4 rings (SSSR count). The van der Waals surface area contributed by atoms with Crippen molar-refractivity contribution in [3.63, 3.8) is 0 Å². The molecule has 1 aliphatic rings. The van der Waals surface area contributed by atoms with E-state index in [0.717, 1.165) is 22.2 Å². The second-order valence-corrected chi connectivity index (χ2v) is 10.6. The lowest BCUT2D eigenvalue weighted by Gasteiger charge is -2.43. The number of benzene rings is 2. The van der Waals surface area contributed by atoms with Crippen LogP contribution in [0, 0.1) is 24.2 Å². The molecule has 0 radical (unpaired) electrons. The number of rotatable bonds is 7. The second-order valence-electron chi connectivity index (χ2n) is 8.60. The zero-order valence-corrected chi connectivity index (χ0v) is 21.5. The van der Waals surface area contributed by atoms with E-state index >= 15 is 0 Å². The van der Waals surface area contributed by atoms with Crippen molar-refractivity contribution < 1.29 is 14.7 Å². The highest BCUT2D eigenvalue weighted by molar-refractivity contribution is 8.03. The lowest BCUT2D eigenvalue weighted by atomic mass is 9.76. The van der Waals surface area contributed by atoms with E-state index in [1.54, 1.807) is 18.2 Å². The van der Waals surface area contributed by atoms with E-state index in [2.05, 4.69) is 22.0 Å². The number of carbonyl (C=O) groups is 2. The van der Waals surface area contributed by atoms with Crippen LogP contribution in [0.15, 0.2) is 82.7 Å². The molecule has 4 N–H and O–H groups in total. The van der Waals surface area contributed by atoms with Gasteiger partial charge in [0.2, 0.25) is 11.8 Å². The van der Waals surface area contributed by atoms with Gasteiger partial charge in [-0.2, -0.15) is 5.26 Å². The van der Waals surface area contributed by atoms with Gasteiger partial charge in [-0.25, -0.2) is 0 Å². The average molecular weight is 519 g/mol. The quantitative estimate of drug-likeness (QED) is 0.357. The molecule has 0 fully saturated rings. The zero-order chi connectivity index (χ0) is 25.7. The number of hydrogen-bond donors (Lipinski definition) is 4. The maximum atomic E-state index is 13.6. The van der Waals surface area contributed by atoms with Crippen LogP contribution >= 0.6 is 23.1 Å². The van der Waals surface area contributed by atoms with Gasteiger partial charge >= 0.3 is 0 Å². The van der Waals surface area contributed by atoms with Gasteiger partial charge in [0.1, 0.15) is 5.72 Å². The Bertz CT molecular complexity index is 1310. The third-order valence-electron chi connectivity index (χ3n) is 5.92. The van der Waals surface area contributed by atoms with E-state index in [0.29, 0.717) is 22.0 Å². The number of aryl methyl sites for hydroxylation is 1. The summed E-state index contributed by atoms with van der Waals surface area (Å²) in [4.78, 5) is 26.9. The maximum Gasteiger partial charge on any atom is 0.234 e. The van der Waals surface area contributed by atoms with Gasteiger partial charge in [-0.15, -0.1) is 11.3 Å². The largest absolute Gasteiger partial charge is 0.370 e. The molecule has 7 nitrogen and oxygen atoms in total. The van der Waals surface area contributed by atoms with Gasteiger partial charge in [0.15, 0.2) is 0 Å². The number of thioether (sulfide) groups is 1. The molecule has 3 aromatic rings. The highest BCUT2D eigenvalue weighted by Gasteiger charge is 2.50. The van der Waals surface area contributed by atoms with E-state index in [1.165, 1.54) is 18.3 Å². The first-order chi connectivity index (χ1) is 17.3. The lowest BCUT2D eigenvalue weighted by molar-refractivity contribution is -0.131. The molecular weight excluding hydrogens is 492 g/mol. The summed E-state index contributed by atoms with van der Waals surface area (Å²) in [5.41, 5.74) is 0.833. The standard InChI is InChI=1S/C27H26N4O3S2/c1-17-9-6-7-12-20(17)30-25(33)24-23(21-13-8-14-35-21)19(15-28)26(31-27(24,2)34)36-16-22(32)29-18-10-4-3-5-11-18/h3-14,23-24,31,34H,16H2,1-2H3,(H,29,32)(H,30,33)/t23-,24+,27-/m0/s1. The Morgan fingerprint density at radius 3 is 2.50 bits per heavy atom. The lowest BCUT2D eigenvalue weighted by Crippen LogP contribution is -2.57. The van der Waals surface area contributed by atoms with Crippen molar-refractivity contribution in [2.75, 3.05) is 16.4 Å². The Kier molecular flexibility index (Phi) is 7.79. The first-order valence-electron chi connectivity index (χ1n) is 11.3. The number of carbonyl (C=O) groups excluding carboxylic acids is 2. The second kappa shape index (κ2) is 11.0. The monoisotopic (exact) mass is 518 g/mol. The molecule has 0 aliphatic carbocycles. The molecule has 0 bridgehead atoms. The number of aliphatic hydroxyl groups is 1. The van der Waals surface area contributed by atoms with Crippen molar-refractivity contribution in [1.29, 1.82) is 5.26 Å². The fraction of sp³-hybridized carbons (Fsp3) is 0.222. The molecule has 1 aliphatic heterocycles. The minimum atomic E-state index is -1.68. The van der Waals surface area contributed by atoms with E-state index in [-0.39, 0.29) is 11.7 Å². The Labute approximate surface area is 218 Å². The van der Waals surface area contributed by atoms with Gasteiger partial charge in [0.05, 0.1) is 28.3 Å². The van der Waals surface area contributed by atoms with E-state index in [1.807, 2.05) is 60.8 Å². The number of hydrogen-bond acceptors (Lipinski definition) is 7. The number of allylic oxidation sites excluding steroid dienone is 1. The molecule has 9 heteroatoms. The molecule has 3 atom stereocenters.